The third kappa shape index (κ3) is 5.26. The van der Waals surface area contributed by atoms with Crippen molar-refractivity contribution in [1.29, 1.82) is 0 Å². The second-order valence-corrected chi connectivity index (χ2v) is 8.37. The lowest BCUT2D eigenvalue weighted by molar-refractivity contribution is -0.0907. The van der Waals surface area contributed by atoms with E-state index in [4.69, 9.17) is 9.47 Å². The van der Waals surface area contributed by atoms with Gasteiger partial charge in [-0.25, -0.2) is 9.18 Å². The Morgan fingerprint density at radius 3 is 2.41 bits per heavy atom. The molecule has 2 unspecified atom stereocenters. The SMILES string of the molecule is CC(C)(C)OC(=O)N1CCC(O)(c2ccc(OCc3ccccc3)cc2)C(F)C1. The molecule has 1 amide bonds. The second-order valence-electron chi connectivity index (χ2n) is 8.37. The van der Waals surface area contributed by atoms with E-state index in [1.54, 1.807) is 45.0 Å². The Morgan fingerprint density at radius 1 is 1.17 bits per heavy atom. The molecule has 0 saturated carbocycles. The van der Waals surface area contributed by atoms with Crippen molar-refractivity contribution in [2.45, 2.75) is 51.2 Å². The van der Waals surface area contributed by atoms with Gasteiger partial charge in [0.15, 0.2) is 6.17 Å². The fourth-order valence-electron chi connectivity index (χ4n) is 3.30. The largest absolute Gasteiger partial charge is 0.489 e. The van der Waals surface area contributed by atoms with Gasteiger partial charge in [-0.3, -0.25) is 0 Å². The first-order chi connectivity index (χ1) is 13.7. The first kappa shape index (κ1) is 21.1. The molecule has 2 aromatic carbocycles. The van der Waals surface area contributed by atoms with Crippen LogP contribution >= 0.6 is 0 Å². The molecule has 0 aliphatic carbocycles. The molecule has 0 spiro atoms. The highest BCUT2D eigenvalue weighted by molar-refractivity contribution is 5.68. The van der Waals surface area contributed by atoms with Gasteiger partial charge in [-0.05, 0) is 44.0 Å². The summed E-state index contributed by atoms with van der Waals surface area (Å²) in [6.45, 7) is 5.73. The summed E-state index contributed by atoms with van der Waals surface area (Å²) in [4.78, 5) is 13.5. The molecule has 1 heterocycles. The van der Waals surface area contributed by atoms with Crippen LogP contribution < -0.4 is 4.74 Å². The van der Waals surface area contributed by atoms with Gasteiger partial charge in [0.2, 0.25) is 0 Å². The number of hydrogen-bond donors (Lipinski definition) is 1. The van der Waals surface area contributed by atoms with Crippen LogP contribution in [-0.4, -0.2) is 41.0 Å². The number of likely N-dealkylation sites (tertiary alicyclic amines) is 1. The second kappa shape index (κ2) is 8.41. The van der Waals surface area contributed by atoms with Crippen LogP contribution in [0.4, 0.5) is 9.18 Å². The monoisotopic (exact) mass is 401 g/mol. The smallest absolute Gasteiger partial charge is 0.410 e. The number of nitrogens with zero attached hydrogens (tertiary/aromatic N) is 1. The molecule has 6 heteroatoms. The van der Waals surface area contributed by atoms with Gasteiger partial charge in [-0.1, -0.05) is 42.5 Å². The van der Waals surface area contributed by atoms with Crippen LogP contribution in [0.15, 0.2) is 54.6 Å². The summed E-state index contributed by atoms with van der Waals surface area (Å²) < 4.78 is 25.9. The highest BCUT2D eigenvalue weighted by Crippen LogP contribution is 2.36. The van der Waals surface area contributed by atoms with E-state index in [9.17, 15) is 14.3 Å². The third-order valence-corrected chi connectivity index (χ3v) is 4.92. The Kier molecular flexibility index (Phi) is 6.13. The molecular formula is C23H28FNO4. The molecule has 2 atom stereocenters. The lowest BCUT2D eigenvalue weighted by Gasteiger charge is -2.41. The summed E-state index contributed by atoms with van der Waals surface area (Å²) in [7, 11) is 0. The zero-order valence-corrected chi connectivity index (χ0v) is 17.1. The van der Waals surface area contributed by atoms with Crippen LogP contribution in [0.5, 0.6) is 5.75 Å². The number of piperidine rings is 1. The van der Waals surface area contributed by atoms with Crippen LogP contribution in [-0.2, 0) is 16.9 Å². The van der Waals surface area contributed by atoms with Crippen molar-refractivity contribution in [2.24, 2.45) is 0 Å². The molecule has 156 valence electrons. The van der Waals surface area contributed by atoms with Crippen LogP contribution in [0.25, 0.3) is 0 Å². The minimum atomic E-state index is -1.64. The number of aliphatic hydroxyl groups is 1. The summed E-state index contributed by atoms with van der Waals surface area (Å²) in [5, 5.41) is 10.9. The van der Waals surface area contributed by atoms with Crippen LogP contribution in [0, 0.1) is 0 Å². The Balaban J connectivity index is 1.62. The molecular weight excluding hydrogens is 373 g/mol. The molecule has 0 bridgehead atoms. The predicted octanol–water partition coefficient (Wildman–Crippen LogP) is 4.43. The van der Waals surface area contributed by atoms with E-state index >= 15 is 0 Å². The minimum absolute atomic E-state index is 0.0949. The summed E-state index contributed by atoms with van der Waals surface area (Å²) in [5.41, 5.74) is -0.766. The maximum absolute atomic E-state index is 14.9. The van der Waals surface area contributed by atoms with Gasteiger partial charge >= 0.3 is 6.09 Å². The summed E-state index contributed by atoms with van der Waals surface area (Å²) >= 11 is 0. The Morgan fingerprint density at radius 2 is 1.83 bits per heavy atom. The standard InChI is InChI=1S/C23H28FNO4/c1-22(2,3)29-21(26)25-14-13-23(27,20(24)15-25)18-9-11-19(12-10-18)28-16-17-7-5-4-6-8-17/h4-12,20,27H,13-16H2,1-3H3. The van der Waals surface area contributed by atoms with Gasteiger partial charge in [0.05, 0.1) is 6.54 Å². The number of halogens is 1. The van der Waals surface area contributed by atoms with E-state index in [0.717, 1.165) is 5.56 Å². The molecule has 1 saturated heterocycles. The molecule has 1 aliphatic heterocycles. The van der Waals surface area contributed by atoms with Gasteiger partial charge in [-0.15, -0.1) is 0 Å². The summed E-state index contributed by atoms with van der Waals surface area (Å²) in [6, 6.07) is 16.6. The van der Waals surface area contributed by atoms with Crippen molar-refractivity contribution < 1.29 is 23.8 Å². The van der Waals surface area contributed by atoms with Gasteiger partial charge in [0.25, 0.3) is 0 Å². The predicted molar refractivity (Wildman–Crippen MR) is 108 cm³/mol. The molecule has 1 aliphatic rings. The van der Waals surface area contributed by atoms with Crippen molar-refractivity contribution in [3.63, 3.8) is 0 Å². The minimum Gasteiger partial charge on any atom is -0.489 e. The average molecular weight is 401 g/mol. The van der Waals surface area contributed by atoms with Crippen LogP contribution in [0.1, 0.15) is 38.3 Å². The zero-order valence-electron chi connectivity index (χ0n) is 17.1. The Bertz CT molecular complexity index is 819. The molecule has 0 radical (unpaired) electrons. The van der Waals surface area contributed by atoms with E-state index in [1.807, 2.05) is 30.3 Å². The summed E-state index contributed by atoms with van der Waals surface area (Å²) in [6.07, 6.45) is -2.08. The lowest BCUT2D eigenvalue weighted by atomic mass is 9.83. The van der Waals surface area contributed by atoms with E-state index in [-0.39, 0.29) is 19.5 Å². The number of benzene rings is 2. The van der Waals surface area contributed by atoms with Crippen molar-refractivity contribution in [1.82, 2.24) is 4.90 Å². The molecule has 0 aromatic heterocycles. The van der Waals surface area contributed by atoms with E-state index in [1.165, 1.54) is 4.90 Å². The number of carbonyl (C=O) groups is 1. The number of amides is 1. The Hall–Kier alpha value is -2.60. The van der Waals surface area contributed by atoms with Gasteiger partial charge < -0.3 is 19.5 Å². The normalized spacial score (nSPS) is 22.2. The molecule has 1 fully saturated rings. The van der Waals surface area contributed by atoms with Gasteiger partial charge in [0, 0.05) is 13.0 Å². The van der Waals surface area contributed by atoms with Crippen molar-refractivity contribution >= 4 is 6.09 Å². The number of hydrogen-bond acceptors (Lipinski definition) is 4. The quantitative estimate of drug-likeness (QED) is 0.823. The number of carbonyl (C=O) groups excluding carboxylic acids is 1. The summed E-state index contributed by atoms with van der Waals surface area (Å²) in [5.74, 6) is 0.641. The van der Waals surface area contributed by atoms with Crippen molar-refractivity contribution in [3.8, 4) is 5.75 Å². The molecule has 2 aromatic rings. The third-order valence-electron chi connectivity index (χ3n) is 4.92. The number of rotatable bonds is 4. The highest BCUT2D eigenvalue weighted by atomic mass is 19.1. The van der Waals surface area contributed by atoms with Crippen molar-refractivity contribution in [3.05, 3.63) is 65.7 Å². The zero-order chi connectivity index (χ0) is 21.1. The van der Waals surface area contributed by atoms with E-state index in [2.05, 4.69) is 0 Å². The number of ether oxygens (including phenoxy) is 2. The fourth-order valence-corrected chi connectivity index (χ4v) is 3.30. The Labute approximate surface area is 171 Å². The maximum Gasteiger partial charge on any atom is 0.410 e. The molecule has 5 nitrogen and oxygen atoms in total. The first-order valence-electron chi connectivity index (χ1n) is 9.79. The van der Waals surface area contributed by atoms with Gasteiger partial charge in [0.1, 0.15) is 23.6 Å². The van der Waals surface area contributed by atoms with E-state index < -0.39 is 23.5 Å². The average Bonchev–Trinajstić information content (AvgIpc) is 2.68. The number of alkyl halides is 1. The highest BCUT2D eigenvalue weighted by Gasteiger charge is 2.45. The fraction of sp³-hybridized carbons (Fsp3) is 0.435. The molecule has 1 N–H and O–H groups in total. The van der Waals surface area contributed by atoms with E-state index in [0.29, 0.717) is 17.9 Å². The van der Waals surface area contributed by atoms with Crippen molar-refractivity contribution in [2.75, 3.05) is 13.1 Å². The topological polar surface area (TPSA) is 59.0 Å². The molecule has 3 rings (SSSR count). The molecule has 29 heavy (non-hydrogen) atoms. The van der Waals surface area contributed by atoms with Crippen LogP contribution in [0.2, 0.25) is 0 Å². The first-order valence-corrected chi connectivity index (χ1v) is 9.79. The van der Waals surface area contributed by atoms with Crippen LogP contribution in [0.3, 0.4) is 0 Å². The lowest BCUT2D eigenvalue weighted by Crippen LogP contribution is -2.54. The van der Waals surface area contributed by atoms with Gasteiger partial charge in [-0.2, -0.15) is 0 Å². The maximum atomic E-state index is 14.9.